The van der Waals surface area contributed by atoms with E-state index in [2.05, 4.69) is 9.97 Å². The number of anilines is 2. The zero-order valence-electron chi connectivity index (χ0n) is 5.84. The number of hydrogen-bond donors (Lipinski definition) is 2. The van der Waals surface area contributed by atoms with Crippen LogP contribution in [0.1, 0.15) is 0 Å². The van der Waals surface area contributed by atoms with E-state index in [0.29, 0.717) is 16.8 Å². The van der Waals surface area contributed by atoms with Crippen LogP contribution in [-0.2, 0) is 0 Å². The summed E-state index contributed by atoms with van der Waals surface area (Å²) in [7, 11) is 0. The third-order valence-corrected chi connectivity index (χ3v) is 2.72. The van der Waals surface area contributed by atoms with Crippen molar-refractivity contribution in [2.75, 3.05) is 17.7 Å². The van der Waals surface area contributed by atoms with E-state index in [-0.39, 0.29) is 0 Å². The molecule has 0 spiro atoms. The Morgan fingerprint density at radius 3 is 2.09 bits per heavy atom. The van der Waals surface area contributed by atoms with Gasteiger partial charge in [-0.1, -0.05) is 11.8 Å². The molecule has 4 N–H and O–H groups in total. The molecule has 1 heterocycles. The van der Waals surface area contributed by atoms with Crippen LogP contribution in [0.4, 0.5) is 11.6 Å². The highest BCUT2D eigenvalue weighted by atomic mass is 127. The summed E-state index contributed by atoms with van der Waals surface area (Å²) >= 11 is 3.44. The van der Waals surface area contributed by atoms with E-state index >= 15 is 0 Å². The SMILES string of the molecule is CSc1nc(N)c(I)c(N)n1. The molecule has 4 nitrogen and oxygen atoms in total. The smallest absolute Gasteiger partial charge is 0.191 e. The summed E-state index contributed by atoms with van der Waals surface area (Å²) in [5.41, 5.74) is 11.1. The molecule has 60 valence electrons. The Balaban J connectivity index is 3.21. The summed E-state index contributed by atoms with van der Waals surface area (Å²) in [6.07, 6.45) is 1.88. The minimum absolute atomic E-state index is 0.447. The van der Waals surface area contributed by atoms with Gasteiger partial charge in [-0.3, -0.25) is 0 Å². The van der Waals surface area contributed by atoms with E-state index in [1.165, 1.54) is 11.8 Å². The van der Waals surface area contributed by atoms with Crippen LogP contribution in [0, 0.1) is 3.57 Å². The van der Waals surface area contributed by atoms with Gasteiger partial charge in [0.1, 0.15) is 11.6 Å². The first-order valence-corrected chi connectivity index (χ1v) is 5.08. The maximum absolute atomic E-state index is 5.55. The van der Waals surface area contributed by atoms with Gasteiger partial charge in [-0.2, -0.15) is 0 Å². The van der Waals surface area contributed by atoms with Crippen molar-refractivity contribution in [1.82, 2.24) is 9.97 Å². The number of nitrogens with zero attached hydrogens (tertiary/aromatic N) is 2. The van der Waals surface area contributed by atoms with E-state index in [4.69, 9.17) is 11.5 Å². The fourth-order valence-corrected chi connectivity index (χ4v) is 1.17. The lowest BCUT2D eigenvalue weighted by atomic mass is 10.5. The van der Waals surface area contributed by atoms with Gasteiger partial charge in [-0.05, 0) is 28.8 Å². The first kappa shape index (κ1) is 8.85. The van der Waals surface area contributed by atoms with Crippen molar-refractivity contribution in [2.24, 2.45) is 0 Å². The van der Waals surface area contributed by atoms with E-state index in [9.17, 15) is 0 Å². The molecule has 0 saturated heterocycles. The van der Waals surface area contributed by atoms with Crippen LogP contribution in [0.3, 0.4) is 0 Å². The van der Waals surface area contributed by atoms with E-state index in [0.717, 1.165) is 3.57 Å². The quantitative estimate of drug-likeness (QED) is 0.456. The number of hydrogen-bond acceptors (Lipinski definition) is 5. The van der Waals surface area contributed by atoms with Crippen molar-refractivity contribution < 1.29 is 0 Å². The second kappa shape index (κ2) is 3.44. The minimum atomic E-state index is 0.447. The predicted octanol–water partition coefficient (Wildman–Crippen LogP) is 0.968. The molecular weight excluding hydrogens is 275 g/mol. The summed E-state index contributed by atoms with van der Waals surface area (Å²) in [5, 5.41) is 0.611. The van der Waals surface area contributed by atoms with Gasteiger partial charge in [-0.15, -0.1) is 0 Å². The van der Waals surface area contributed by atoms with Crippen LogP contribution in [0.25, 0.3) is 0 Å². The van der Waals surface area contributed by atoms with Gasteiger partial charge in [0.25, 0.3) is 0 Å². The second-order valence-corrected chi connectivity index (χ2v) is 3.65. The molecule has 11 heavy (non-hydrogen) atoms. The zero-order valence-corrected chi connectivity index (χ0v) is 8.81. The van der Waals surface area contributed by atoms with Crippen molar-refractivity contribution in [3.05, 3.63) is 3.57 Å². The van der Waals surface area contributed by atoms with Crippen LogP contribution in [0.2, 0.25) is 0 Å². The normalized spacial score (nSPS) is 10.0. The molecular formula is C5H7IN4S. The van der Waals surface area contributed by atoms with Crippen LogP contribution in [0.5, 0.6) is 0 Å². The van der Waals surface area contributed by atoms with Crippen LogP contribution >= 0.6 is 34.4 Å². The molecule has 1 rings (SSSR count). The Kier molecular flexibility index (Phi) is 2.77. The Hall–Kier alpha value is -0.240. The average Bonchev–Trinajstić information content (AvgIpc) is 1.99. The van der Waals surface area contributed by atoms with Crippen molar-refractivity contribution in [3.63, 3.8) is 0 Å². The second-order valence-electron chi connectivity index (χ2n) is 1.79. The molecule has 0 aliphatic heterocycles. The monoisotopic (exact) mass is 282 g/mol. The third kappa shape index (κ3) is 1.86. The van der Waals surface area contributed by atoms with Gasteiger partial charge >= 0.3 is 0 Å². The fraction of sp³-hybridized carbons (Fsp3) is 0.200. The number of nitrogens with two attached hydrogens (primary N) is 2. The van der Waals surface area contributed by atoms with E-state index in [1.54, 1.807) is 0 Å². The standard InChI is InChI=1S/C5H7IN4S/c1-11-5-9-3(7)2(6)4(8)10-5/h1H3,(H4,7,8,9,10). The Morgan fingerprint density at radius 2 is 1.73 bits per heavy atom. The highest BCUT2D eigenvalue weighted by Crippen LogP contribution is 2.20. The van der Waals surface area contributed by atoms with Gasteiger partial charge < -0.3 is 11.5 Å². The Bertz CT molecular complexity index is 254. The lowest BCUT2D eigenvalue weighted by molar-refractivity contribution is 0.980. The first-order chi connectivity index (χ1) is 5.15. The molecule has 0 aromatic carbocycles. The molecule has 0 aliphatic rings. The molecule has 0 atom stereocenters. The number of thioether (sulfide) groups is 1. The van der Waals surface area contributed by atoms with Crippen molar-refractivity contribution >= 4 is 46.0 Å². The molecule has 1 aromatic heterocycles. The van der Waals surface area contributed by atoms with E-state index < -0.39 is 0 Å². The number of halogens is 1. The molecule has 0 unspecified atom stereocenters. The summed E-state index contributed by atoms with van der Waals surface area (Å²) < 4.78 is 0.723. The predicted molar refractivity (Wildman–Crippen MR) is 55.4 cm³/mol. The van der Waals surface area contributed by atoms with Gasteiger partial charge in [0, 0.05) is 0 Å². The van der Waals surface area contributed by atoms with Gasteiger partial charge in [-0.25, -0.2) is 9.97 Å². The largest absolute Gasteiger partial charge is 0.383 e. The molecule has 0 aliphatic carbocycles. The molecule has 0 radical (unpaired) electrons. The molecule has 0 saturated carbocycles. The first-order valence-electron chi connectivity index (χ1n) is 2.77. The summed E-state index contributed by atoms with van der Waals surface area (Å²) in [6.45, 7) is 0. The highest BCUT2D eigenvalue weighted by Gasteiger charge is 2.05. The van der Waals surface area contributed by atoms with Crippen molar-refractivity contribution in [1.29, 1.82) is 0 Å². The van der Waals surface area contributed by atoms with Crippen LogP contribution in [0.15, 0.2) is 5.16 Å². The number of aromatic nitrogens is 2. The van der Waals surface area contributed by atoms with Crippen LogP contribution < -0.4 is 11.5 Å². The molecule has 6 heteroatoms. The topological polar surface area (TPSA) is 77.8 Å². The molecule has 0 fully saturated rings. The summed E-state index contributed by atoms with van der Waals surface area (Å²) in [4.78, 5) is 7.99. The Morgan fingerprint density at radius 1 is 1.27 bits per heavy atom. The van der Waals surface area contributed by atoms with E-state index in [1.807, 2.05) is 28.8 Å². The number of nitrogen functional groups attached to an aromatic ring is 2. The molecule has 1 aromatic rings. The summed E-state index contributed by atoms with van der Waals surface area (Å²) in [5.74, 6) is 0.893. The average molecular weight is 282 g/mol. The molecule has 0 bridgehead atoms. The zero-order chi connectivity index (χ0) is 8.43. The fourth-order valence-electron chi connectivity index (χ4n) is 0.552. The Labute approximate surface area is 82.3 Å². The number of rotatable bonds is 1. The van der Waals surface area contributed by atoms with Gasteiger partial charge in [0.15, 0.2) is 5.16 Å². The van der Waals surface area contributed by atoms with Crippen molar-refractivity contribution in [2.45, 2.75) is 5.16 Å². The maximum atomic E-state index is 5.55. The minimum Gasteiger partial charge on any atom is -0.383 e. The maximum Gasteiger partial charge on any atom is 0.191 e. The molecule has 0 amide bonds. The van der Waals surface area contributed by atoms with Crippen LogP contribution in [-0.4, -0.2) is 16.2 Å². The van der Waals surface area contributed by atoms with Crippen molar-refractivity contribution in [3.8, 4) is 0 Å². The van der Waals surface area contributed by atoms with Gasteiger partial charge in [0.2, 0.25) is 0 Å². The van der Waals surface area contributed by atoms with Gasteiger partial charge in [0.05, 0.1) is 3.57 Å². The lowest BCUT2D eigenvalue weighted by Gasteiger charge is -2.02. The lowest BCUT2D eigenvalue weighted by Crippen LogP contribution is -2.03. The highest BCUT2D eigenvalue weighted by molar-refractivity contribution is 14.1. The third-order valence-electron chi connectivity index (χ3n) is 1.06. The summed E-state index contributed by atoms with van der Waals surface area (Å²) in [6, 6.07) is 0.